The number of benzene rings is 1. The average molecular weight is 738 g/mol. The number of carbonyl (C=O) groups excluding carboxylic acids is 6. The van der Waals surface area contributed by atoms with E-state index in [0.717, 1.165) is 6.42 Å². The standard InChI is InChI=1S/C14H19NO3.C12H20O6.C12H20O4/c1-5-14(2,3)13(17)15-11-8-6-10(7-9-11)12(16)18-4;1-4-12(2,3)11(16)18-8-7-17-10(15)6-5-9(13)14;1-6-12(4,5)11(14)16-8-7-15-10(13)9(2)3/h6-9H,5H2,1-4H3,(H,15,17);4-8H2,1-3H3,(H,13,14);2,6-8H2,1,3-5H3. The van der Waals surface area contributed by atoms with Crippen molar-refractivity contribution in [3.05, 3.63) is 42.0 Å². The van der Waals surface area contributed by atoms with Gasteiger partial charge in [0.15, 0.2) is 0 Å². The molecule has 14 nitrogen and oxygen atoms in total. The molecule has 0 heterocycles. The first-order valence-electron chi connectivity index (χ1n) is 17.1. The van der Waals surface area contributed by atoms with E-state index in [4.69, 9.17) is 24.1 Å². The molecule has 0 aliphatic heterocycles. The molecular formula is C38H59NO13. The lowest BCUT2D eigenvalue weighted by Gasteiger charge is -2.21. The van der Waals surface area contributed by atoms with Crippen LogP contribution in [0.4, 0.5) is 5.69 Å². The van der Waals surface area contributed by atoms with Gasteiger partial charge in [-0.05, 0) is 78.1 Å². The molecule has 52 heavy (non-hydrogen) atoms. The van der Waals surface area contributed by atoms with Gasteiger partial charge >= 0.3 is 35.8 Å². The lowest BCUT2D eigenvalue weighted by atomic mass is 9.89. The first-order valence-corrected chi connectivity index (χ1v) is 17.1. The fourth-order valence-electron chi connectivity index (χ4n) is 2.91. The van der Waals surface area contributed by atoms with Crippen LogP contribution in [0.3, 0.4) is 0 Å². The highest BCUT2D eigenvalue weighted by molar-refractivity contribution is 5.95. The summed E-state index contributed by atoms with van der Waals surface area (Å²) >= 11 is 0. The third kappa shape index (κ3) is 20.8. The maximum Gasteiger partial charge on any atom is 0.337 e. The zero-order valence-corrected chi connectivity index (χ0v) is 32.7. The zero-order valence-electron chi connectivity index (χ0n) is 32.7. The summed E-state index contributed by atoms with van der Waals surface area (Å²) in [5.74, 6) is -3.16. The summed E-state index contributed by atoms with van der Waals surface area (Å²) in [4.78, 5) is 78.4. The van der Waals surface area contributed by atoms with Crippen molar-refractivity contribution in [3.8, 4) is 0 Å². The number of carboxylic acid groups (broad SMARTS) is 1. The molecule has 14 heteroatoms. The molecule has 0 saturated carbocycles. The molecule has 1 aromatic rings. The summed E-state index contributed by atoms with van der Waals surface area (Å²) in [5, 5.41) is 11.2. The molecule has 0 aliphatic carbocycles. The second kappa shape index (κ2) is 24.4. The maximum absolute atomic E-state index is 11.9. The molecule has 1 amide bonds. The third-order valence-corrected chi connectivity index (χ3v) is 7.96. The van der Waals surface area contributed by atoms with Crippen molar-refractivity contribution in [2.45, 2.75) is 101 Å². The van der Waals surface area contributed by atoms with E-state index in [1.54, 1.807) is 45.0 Å². The fraction of sp³-hybridized carbons (Fsp3) is 0.605. The molecule has 0 aliphatic rings. The third-order valence-electron chi connectivity index (χ3n) is 7.96. The van der Waals surface area contributed by atoms with Gasteiger partial charge in [-0.15, -0.1) is 0 Å². The molecular weight excluding hydrogens is 678 g/mol. The highest BCUT2D eigenvalue weighted by Gasteiger charge is 2.28. The van der Waals surface area contributed by atoms with E-state index in [9.17, 15) is 33.6 Å². The molecule has 0 unspecified atom stereocenters. The van der Waals surface area contributed by atoms with Gasteiger partial charge in [0, 0.05) is 16.7 Å². The number of hydrogen-bond acceptors (Lipinski definition) is 12. The van der Waals surface area contributed by atoms with Gasteiger partial charge < -0.3 is 34.1 Å². The number of aliphatic carboxylic acids is 1. The second-order valence-electron chi connectivity index (χ2n) is 13.5. The number of methoxy groups -OCH3 is 1. The predicted octanol–water partition coefficient (Wildman–Crippen LogP) is 6.31. The van der Waals surface area contributed by atoms with Crippen molar-refractivity contribution < 1.29 is 62.4 Å². The molecule has 0 saturated heterocycles. The number of carboxylic acids is 1. The van der Waals surface area contributed by atoms with Crippen LogP contribution in [0.5, 0.6) is 0 Å². The summed E-state index contributed by atoms with van der Waals surface area (Å²) in [6.07, 6.45) is 1.69. The van der Waals surface area contributed by atoms with E-state index >= 15 is 0 Å². The number of carbonyl (C=O) groups is 7. The van der Waals surface area contributed by atoms with Gasteiger partial charge in [0.2, 0.25) is 5.91 Å². The Bertz CT molecular complexity index is 1340. The van der Waals surface area contributed by atoms with Crippen LogP contribution >= 0.6 is 0 Å². The van der Waals surface area contributed by atoms with Crippen molar-refractivity contribution in [2.75, 3.05) is 38.9 Å². The van der Waals surface area contributed by atoms with Crippen molar-refractivity contribution >= 4 is 47.4 Å². The Morgan fingerprint density at radius 3 is 1.48 bits per heavy atom. The van der Waals surface area contributed by atoms with Crippen molar-refractivity contribution in [3.63, 3.8) is 0 Å². The molecule has 0 aromatic heterocycles. The summed E-state index contributed by atoms with van der Waals surface area (Å²) in [6, 6.07) is 6.63. The normalized spacial score (nSPS) is 10.8. The van der Waals surface area contributed by atoms with Gasteiger partial charge in [-0.25, -0.2) is 9.59 Å². The van der Waals surface area contributed by atoms with E-state index in [2.05, 4.69) is 16.6 Å². The van der Waals surface area contributed by atoms with Gasteiger partial charge in [0.1, 0.15) is 26.4 Å². The highest BCUT2D eigenvalue weighted by atomic mass is 16.6. The van der Waals surface area contributed by atoms with E-state index in [0.29, 0.717) is 29.7 Å². The number of nitrogens with one attached hydrogen (secondary N) is 1. The fourth-order valence-corrected chi connectivity index (χ4v) is 2.91. The summed E-state index contributed by atoms with van der Waals surface area (Å²) in [6.45, 7) is 21.8. The summed E-state index contributed by atoms with van der Waals surface area (Å²) in [7, 11) is 1.34. The summed E-state index contributed by atoms with van der Waals surface area (Å²) in [5.41, 5.74) is 0.0341. The van der Waals surface area contributed by atoms with Crippen LogP contribution < -0.4 is 5.32 Å². The average Bonchev–Trinajstić information content (AvgIpc) is 3.10. The molecule has 0 spiro atoms. The number of amides is 1. The monoisotopic (exact) mass is 737 g/mol. The molecule has 0 atom stereocenters. The lowest BCUT2D eigenvalue weighted by molar-refractivity contribution is -0.159. The first-order chi connectivity index (χ1) is 24.0. The quantitative estimate of drug-likeness (QED) is 0.0737. The highest BCUT2D eigenvalue weighted by Crippen LogP contribution is 2.23. The number of ether oxygens (including phenoxy) is 5. The van der Waals surface area contributed by atoms with Gasteiger partial charge in [-0.3, -0.25) is 24.0 Å². The largest absolute Gasteiger partial charge is 0.481 e. The Morgan fingerprint density at radius 2 is 1.10 bits per heavy atom. The van der Waals surface area contributed by atoms with Crippen molar-refractivity contribution in [1.29, 1.82) is 0 Å². The Labute approximate surface area is 307 Å². The van der Waals surface area contributed by atoms with E-state index in [1.165, 1.54) is 7.11 Å². The number of hydrogen-bond donors (Lipinski definition) is 2. The number of rotatable bonds is 18. The van der Waals surface area contributed by atoms with Gasteiger partial charge in [-0.1, -0.05) is 41.2 Å². The molecule has 0 bridgehead atoms. The van der Waals surface area contributed by atoms with Crippen LogP contribution in [0.15, 0.2) is 36.4 Å². The minimum atomic E-state index is -1.05. The van der Waals surface area contributed by atoms with E-state index in [-0.39, 0.29) is 63.1 Å². The lowest BCUT2D eigenvalue weighted by Crippen LogP contribution is -2.29. The number of anilines is 1. The molecule has 1 rings (SSSR count). The molecule has 0 fully saturated rings. The van der Waals surface area contributed by atoms with Crippen LogP contribution in [-0.2, 0) is 52.5 Å². The molecule has 294 valence electrons. The van der Waals surface area contributed by atoms with Crippen LogP contribution in [0.2, 0.25) is 0 Å². The molecule has 0 radical (unpaired) electrons. The van der Waals surface area contributed by atoms with Gasteiger partial charge in [0.05, 0.1) is 36.3 Å². The van der Waals surface area contributed by atoms with Crippen LogP contribution in [0, 0.1) is 16.2 Å². The number of esters is 5. The first kappa shape index (κ1) is 49.4. The van der Waals surface area contributed by atoms with Crippen molar-refractivity contribution in [1.82, 2.24) is 0 Å². The minimum absolute atomic E-state index is 0.0128. The zero-order chi connectivity index (χ0) is 40.7. The van der Waals surface area contributed by atoms with Gasteiger partial charge in [0.25, 0.3) is 0 Å². The van der Waals surface area contributed by atoms with Crippen LogP contribution in [0.1, 0.15) is 112 Å². The second-order valence-corrected chi connectivity index (χ2v) is 13.5. The topological polar surface area (TPSA) is 198 Å². The SMILES string of the molecule is C=C(C)C(=O)OCCOC(=O)C(C)(C)CC.CCC(C)(C)C(=O)Nc1ccc(C(=O)OC)cc1.CCC(C)(C)C(=O)OCCOC(=O)CCC(=O)O. The predicted molar refractivity (Wildman–Crippen MR) is 194 cm³/mol. The Hall–Kier alpha value is -4.75. The van der Waals surface area contributed by atoms with Gasteiger partial charge in [-0.2, -0.15) is 0 Å². The Kier molecular flexibility index (Phi) is 23.2. The Morgan fingerprint density at radius 1 is 0.673 bits per heavy atom. The summed E-state index contributed by atoms with van der Waals surface area (Å²) < 4.78 is 24.0. The smallest absolute Gasteiger partial charge is 0.337 e. The Balaban J connectivity index is 0. The van der Waals surface area contributed by atoms with Crippen LogP contribution in [0.25, 0.3) is 0 Å². The molecule has 1 aromatic carbocycles. The maximum atomic E-state index is 11.9. The van der Waals surface area contributed by atoms with Crippen LogP contribution in [-0.4, -0.2) is 80.4 Å². The minimum Gasteiger partial charge on any atom is -0.481 e. The van der Waals surface area contributed by atoms with Crippen molar-refractivity contribution in [2.24, 2.45) is 16.2 Å². The molecule has 2 N–H and O–H groups in total. The van der Waals surface area contributed by atoms with E-state index in [1.807, 2.05) is 48.5 Å². The van der Waals surface area contributed by atoms with E-state index < -0.39 is 34.2 Å².